The van der Waals surface area contributed by atoms with Crippen LogP contribution in [-0.4, -0.2) is 25.2 Å². The molecule has 3 heterocycles. The molecule has 4 rings (SSSR count). The van der Waals surface area contributed by atoms with E-state index >= 15 is 0 Å². The van der Waals surface area contributed by atoms with Crippen molar-refractivity contribution in [1.29, 1.82) is 0 Å². The zero-order valence-corrected chi connectivity index (χ0v) is 17.5. The molecule has 9 heteroatoms. The Bertz CT molecular complexity index is 1050. The maximum atomic E-state index is 13.3. The summed E-state index contributed by atoms with van der Waals surface area (Å²) in [5, 5.41) is 11.9. The predicted molar refractivity (Wildman–Crippen MR) is 118 cm³/mol. The summed E-state index contributed by atoms with van der Waals surface area (Å²) in [7, 11) is 0. The van der Waals surface area contributed by atoms with Crippen LogP contribution in [0.1, 0.15) is 35.8 Å². The smallest absolute Gasteiger partial charge is 0.243 e. The number of benzene rings is 1. The van der Waals surface area contributed by atoms with Gasteiger partial charge >= 0.3 is 0 Å². The number of nitrogens with zero attached hydrogens (tertiary/aromatic N) is 4. The first-order valence-electron chi connectivity index (χ1n) is 9.78. The summed E-state index contributed by atoms with van der Waals surface area (Å²) in [6.07, 6.45) is 5.38. The van der Waals surface area contributed by atoms with Gasteiger partial charge in [-0.05, 0) is 55.1 Å². The molecule has 0 saturated carbocycles. The Morgan fingerprint density at radius 2 is 2.20 bits per heavy atom. The summed E-state index contributed by atoms with van der Waals surface area (Å²) >= 11 is 1.37. The van der Waals surface area contributed by atoms with Gasteiger partial charge in [0, 0.05) is 18.7 Å². The van der Waals surface area contributed by atoms with E-state index in [0.717, 1.165) is 41.5 Å². The molecule has 3 aromatic rings. The quantitative estimate of drug-likeness (QED) is 0.496. The lowest BCUT2D eigenvalue weighted by Crippen LogP contribution is -2.25. The molecule has 0 saturated heterocycles. The minimum atomic E-state index is -0.333. The van der Waals surface area contributed by atoms with Crippen LogP contribution in [0.15, 0.2) is 54.9 Å². The number of halogens is 1. The lowest BCUT2D eigenvalue weighted by molar-refractivity contribution is 0.445. The van der Waals surface area contributed by atoms with Crippen LogP contribution in [0.2, 0.25) is 0 Å². The summed E-state index contributed by atoms with van der Waals surface area (Å²) < 4.78 is 19.5. The van der Waals surface area contributed by atoms with Crippen molar-refractivity contribution >= 4 is 22.5 Å². The highest BCUT2D eigenvalue weighted by Crippen LogP contribution is 2.32. The van der Waals surface area contributed by atoms with E-state index in [9.17, 15) is 4.39 Å². The van der Waals surface area contributed by atoms with Crippen LogP contribution in [0.25, 0.3) is 0 Å². The molecule has 1 aliphatic heterocycles. The minimum Gasteiger partial charge on any atom is -0.399 e. The number of anilines is 2. The second-order valence-corrected chi connectivity index (χ2v) is 8.05. The number of rotatable bonds is 7. The maximum absolute atomic E-state index is 13.3. The molecule has 0 amide bonds. The van der Waals surface area contributed by atoms with Gasteiger partial charge in [0.15, 0.2) is 0 Å². The SMILES string of the molecule is C=CC(Nc1nc2n(n1)CCCC2c1ccc(F)cc1)/C(N)=C\Nc1cc(C)ns1. The first-order valence-corrected chi connectivity index (χ1v) is 10.6. The third-order valence-corrected chi connectivity index (χ3v) is 5.85. The van der Waals surface area contributed by atoms with Gasteiger partial charge in [-0.2, -0.15) is 9.36 Å². The third-order valence-electron chi connectivity index (χ3n) is 5.04. The van der Waals surface area contributed by atoms with Gasteiger partial charge in [-0.15, -0.1) is 11.7 Å². The van der Waals surface area contributed by atoms with Crippen LogP contribution in [0, 0.1) is 12.7 Å². The summed E-state index contributed by atoms with van der Waals surface area (Å²) in [6.45, 7) is 6.61. The largest absolute Gasteiger partial charge is 0.399 e. The van der Waals surface area contributed by atoms with E-state index < -0.39 is 0 Å². The van der Waals surface area contributed by atoms with Crippen molar-refractivity contribution in [2.75, 3.05) is 10.6 Å². The van der Waals surface area contributed by atoms with Crippen molar-refractivity contribution in [3.8, 4) is 0 Å². The summed E-state index contributed by atoms with van der Waals surface area (Å²) in [5.41, 5.74) is 8.79. The van der Waals surface area contributed by atoms with Gasteiger partial charge < -0.3 is 16.4 Å². The Morgan fingerprint density at radius 3 is 2.90 bits per heavy atom. The average Bonchev–Trinajstić information content (AvgIpc) is 3.36. The van der Waals surface area contributed by atoms with Gasteiger partial charge in [0.25, 0.3) is 0 Å². The zero-order valence-electron chi connectivity index (χ0n) is 16.7. The zero-order chi connectivity index (χ0) is 21.1. The van der Waals surface area contributed by atoms with E-state index in [0.29, 0.717) is 11.6 Å². The van der Waals surface area contributed by atoms with Crippen LogP contribution in [0.4, 0.5) is 15.3 Å². The van der Waals surface area contributed by atoms with Crippen molar-refractivity contribution in [3.63, 3.8) is 0 Å². The van der Waals surface area contributed by atoms with Gasteiger partial charge in [0.2, 0.25) is 5.95 Å². The summed E-state index contributed by atoms with van der Waals surface area (Å²) in [4.78, 5) is 4.71. The second kappa shape index (κ2) is 8.66. The average molecular weight is 426 g/mol. The highest BCUT2D eigenvalue weighted by molar-refractivity contribution is 7.10. The van der Waals surface area contributed by atoms with Crippen LogP contribution in [0.5, 0.6) is 0 Å². The van der Waals surface area contributed by atoms with E-state index in [1.54, 1.807) is 12.3 Å². The number of hydrogen-bond acceptors (Lipinski definition) is 7. The topological polar surface area (TPSA) is 93.7 Å². The van der Waals surface area contributed by atoms with E-state index in [1.165, 1.54) is 23.7 Å². The summed E-state index contributed by atoms with van der Waals surface area (Å²) in [6, 6.07) is 8.22. The van der Waals surface area contributed by atoms with E-state index in [1.807, 2.05) is 29.8 Å². The van der Waals surface area contributed by atoms with Crippen molar-refractivity contribution in [2.24, 2.45) is 5.73 Å². The van der Waals surface area contributed by atoms with Crippen LogP contribution < -0.4 is 16.4 Å². The Balaban J connectivity index is 1.50. The predicted octanol–water partition coefficient (Wildman–Crippen LogP) is 3.99. The number of aryl methyl sites for hydroxylation is 2. The fraction of sp³-hybridized carbons (Fsp3) is 0.286. The molecule has 156 valence electrons. The Kier molecular flexibility index (Phi) is 5.80. The lowest BCUT2D eigenvalue weighted by Gasteiger charge is -2.22. The Labute approximate surface area is 178 Å². The normalized spacial score (nSPS) is 17.3. The molecule has 7 nitrogen and oxygen atoms in total. The second-order valence-electron chi connectivity index (χ2n) is 7.24. The third kappa shape index (κ3) is 4.35. The Morgan fingerprint density at radius 1 is 1.40 bits per heavy atom. The first-order chi connectivity index (χ1) is 14.5. The molecule has 30 heavy (non-hydrogen) atoms. The fourth-order valence-electron chi connectivity index (χ4n) is 3.52. The Hall–Kier alpha value is -3.20. The highest BCUT2D eigenvalue weighted by Gasteiger charge is 2.26. The first kappa shape index (κ1) is 20.1. The van der Waals surface area contributed by atoms with Crippen LogP contribution in [0.3, 0.4) is 0 Å². The van der Waals surface area contributed by atoms with Gasteiger partial charge in [-0.25, -0.2) is 9.07 Å². The van der Waals surface area contributed by atoms with Crippen molar-refractivity contribution in [3.05, 3.63) is 77.8 Å². The lowest BCUT2D eigenvalue weighted by atomic mass is 9.91. The summed E-state index contributed by atoms with van der Waals surface area (Å²) in [5.74, 6) is 1.22. The molecule has 1 aromatic carbocycles. The molecule has 1 aliphatic rings. The number of nitrogens with one attached hydrogen (secondary N) is 2. The number of aromatic nitrogens is 4. The van der Waals surface area contributed by atoms with E-state index in [-0.39, 0.29) is 17.8 Å². The standard InChI is InChI=1S/C21H24FN7S/c1-3-18(17(23)12-24-19-11-13(2)28-30-19)25-21-26-20-16(5-4-10-29(20)27-21)14-6-8-15(22)9-7-14/h3,6-9,11-12,16,18,24H,1,4-5,10,23H2,2H3,(H,25,27)/b17-12+. The molecular weight excluding hydrogens is 401 g/mol. The molecule has 0 fully saturated rings. The van der Waals surface area contributed by atoms with Gasteiger partial charge in [0.1, 0.15) is 16.6 Å². The van der Waals surface area contributed by atoms with Crippen LogP contribution >= 0.6 is 11.5 Å². The molecule has 0 aliphatic carbocycles. The number of fused-ring (bicyclic) bond motifs is 1. The molecule has 0 radical (unpaired) electrons. The molecule has 0 bridgehead atoms. The molecular formula is C21H24FN7S. The number of hydrogen-bond donors (Lipinski definition) is 3. The monoisotopic (exact) mass is 425 g/mol. The van der Waals surface area contributed by atoms with Crippen LogP contribution in [-0.2, 0) is 6.54 Å². The number of nitrogens with two attached hydrogens (primary N) is 1. The van der Waals surface area contributed by atoms with Crippen molar-refractivity contribution in [2.45, 2.75) is 38.3 Å². The fourth-order valence-corrected chi connectivity index (χ4v) is 4.15. The highest BCUT2D eigenvalue weighted by atomic mass is 32.1. The molecule has 2 atom stereocenters. The molecule has 0 spiro atoms. The van der Waals surface area contributed by atoms with E-state index in [2.05, 4.69) is 26.7 Å². The molecule has 2 aromatic heterocycles. The van der Waals surface area contributed by atoms with E-state index in [4.69, 9.17) is 10.7 Å². The van der Waals surface area contributed by atoms with Gasteiger partial charge in [-0.1, -0.05) is 18.2 Å². The maximum Gasteiger partial charge on any atom is 0.243 e. The minimum absolute atomic E-state index is 0.0914. The van der Waals surface area contributed by atoms with Gasteiger partial charge in [0.05, 0.1) is 17.4 Å². The molecule has 2 unspecified atom stereocenters. The van der Waals surface area contributed by atoms with Gasteiger partial charge in [-0.3, -0.25) is 0 Å². The van der Waals surface area contributed by atoms with Crippen molar-refractivity contribution in [1.82, 2.24) is 19.1 Å². The molecule has 4 N–H and O–H groups in total. The van der Waals surface area contributed by atoms with Crippen molar-refractivity contribution < 1.29 is 4.39 Å².